The van der Waals surface area contributed by atoms with Crippen LogP contribution in [0.4, 0.5) is 5.69 Å². The number of hydrogen-bond acceptors (Lipinski definition) is 7. The molecule has 0 saturated carbocycles. The van der Waals surface area contributed by atoms with Gasteiger partial charge in [0.1, 0.15) is 0 Å². The SMILES string of the molecule is CC(=O)OC(c1ccc([N+](=O)[O-])cc1)N(C(C)=O)N(C(C)=O)C(C)=O. The smallest absolute Gasteiger partial charge is 0.304 e. The van der Waals surface area contributed by atoms with Crippen molar-refractivity contribution in [2.75, 3.05) is 0 Å². The number of non-ortho nitro benzene ring substituents is 1. The number of rotatable bonds is 4. The normalized spacial score (nSPS) is 11.2. The summed E-state index contributed by atoms with van der Waals surface area (Å²) >= 11 is 0. The first-order valence-electron chi connectivity index (χ1n) is 7.08. The average molecular weight is 351 g/mol. The number of amides is 3. The van der Waals surface area contributed by atoms with Crippen LogP contribution >= 0.6 is 0 Å². The summed E-state index contributed by atoms with van der Waals surface area (Å²) in [7, 11) is 0. The molecule has 1 aromatic rings. The molecule has 0 aliphatic rings. The third-order valence-electron chi connectivity index (χ3n) is 3.02. The Hall–Kier alpha value is -3.30. The Morgan fingerprint density at radius 1 is 0.960 bits per heavy atom. The van der Waals surface area contributed by atoms with E-state index >= 15 is 0 Å². The van der Waals surface area contributed by atoms with Gasteiger partial charge in [-0.05, 0) is 12.1 Å². The number of hydrazine groups is 1. The number of nitro benzene ring substituents is 1. The quantitative estimate of drug-likeness (QED) is 0.346. The molecule has 0 spiro atoms. The summed E-state index contributed by atoms with van der Waals surface area (Å²) in [5.74, 6) is -3.04. The van der Waals surface area contributed by atoms with E-state index in [4.69, 9.17) is 4.74 Å². The fourth-order valence-corrected chi connectivity index (χ4v) is 2.11. The van der Waals surface area contributed by atoms with Crippen LogP contribution in [-0.4, -0.2) is 38.6 Å². The van der Waals surface area contributed by atoms with Gasteiger partial charge in [-0.25, -0.2) is 0 Å². The molecule has 0 N–H and O–H groups in total. The van der Waals surface area contributed by atoms with Crippen molar-refractivity contribution in [2.24, 2.45) is 0 Å². The first-order chi connectivity index (χ1) is 11.6. The van der Waals surface area contributed by atoms with Gasteiger partial charge in [-0.15, -0.1) is 0 Å². The van der Waals surface area contributed by atoms with Crippen LogP contribution in [0.25, 0.3) is 0 Å². The minimum absolute atomic E-state index is 0.170. The summed E-state index contributed by atoms with van der Waals surface area (Å²) < 4.78 is 5.09. The van der Waals surface area contributed by atoms with Crippen LogP contribution < -0.4 is 0 Å². The van der Waals surface area contributed by atoms with Gasteiger partial charge in [0, 0.05) is 45.4 Å². The molecule has 0 radical (unpaired) electrons. The molecule has 25 heavy (non-hydrogen) atoms. The fraction of sp³-hybridized carbons (Fsp3) is 0.333. The van der Waals surface area contributed by atoms with Crippen LogP contribution in [0.1, 0.15) is 39.5 Å². The lowest BCUT2D eigenvalue weighted by molar-refractivity contribution is -0.384. The lowest BCUT2D eigenvalue weighted by Crippen LogP contribution is -2.53. The van der Waals surface area contributed by atoms with E-state index < -0.39 is 34.8 Å². The van der Waals surface area contributed by atoms with Gasteiger partial charge >= 0.3 is 5.97 Å². The zero-order chi connectivity index (χ0) is 19.3. The highest BCUT2D eigenvalue weighted by atomic mass is 16.6. The van der Waals surface area contributed by atoms with Gasteiger partial charge < -0.3 is 4.74 Å². The highest BCUT2D eigenvalue weighted by Crippen LogP contribution is 2.26. The third-order valence-corrected chi connectivity index (χ3v) is 3.02. The van der Waals surface area contributed by atoms with Crippen molar-refractivity contribution in [1.82, 2.24) is 10.0 Å². The summed E-state index contributed by atoms with van der Waals surface area (Å²) in [5.41, 5.74) is -0.0433. The van der Waals surface area contributed by atoms with E-state index in [2.05, 4.69) is 0 Å². The Balaban J connectivity index is 3.45. The summed E-state index contributed by atoms with van der Waals surface area (Å²) in [4.78, 5) is 57.2. The summed E-state index contributed by atoms with van der Waals surface area (Å²) in [5, 5.41) is 12.0. The number of nitrogens with zero attached hydrogens (tertiary/aromatic N) is 3. The number of ether oxygens (including phenoxy) is 1. The van der Waals surface area contributed by atoms with Crippen molar-refractivity contribution in [1.29, 1.82) is 0 Å². The largest absolute Gasteiger partial charge is 0.435 e. The van der Waals surface area contributed by atoms with Crippen molar-refractivity contribution in [3.8, 4) is 0 Å². The maximum atomic E-state index is 12.0. The zero-order valence-corrected chi connectivity index (χ0v) is 14.1. The molecule has 1 atom stereocenters. The van der Waals surface area contributed by atoms with Crippen molar-refractivity contribution in [3.05, 3.63) is 39.9 Å². The second-order valence-corrected chi connectivity index (χ2v) is 5.02. The molecule has 10 heteroatoms. The van der Waals surface area contributed by atoms with Crippen LogP contribution in [-0.2, 0) is 23.9 Å². The summed E-state index contributed by atoms with van der Waals surface area (Å²) in [6.07, 6.45) is -1.44. The number of carbonyl (C=O) groups excluding carboxylic acids is 4. The highest BCUT2D eigenvalue weighted by Gasteiger charge is 2.35. The van der Waals surface area contributed by atoms with E-state index in [1.807, 2.05) is 0 Å². The van der Waals surface area contributed by atoms with Crippen molar-refractivity contribution in [2.45, 2.75) is 33.9 Å². The molecule has 0 aromatic heterocycles. The van der Waals surface area contributed by atoms with Crippen molar-refractivity contribution < 1.29 is 28.8 Å². The minimum Gasteiger partial charge on any atom is -0.435 e. The molecule has 0 aliphatic carbocycles. The summed E-state index contributed by atoms with van der Waals surface area (Å²) in [6.45, 7) is 4.30. The van der Waals surface area contributed by atoms with Gasteiger partial charge in [-0.3, -0.25) is 29.3 Å². The number of hydrogen-bond donors (Lipinski definition) is 0. The number of nitro groups is 1. The van der Waals surface area contributed by atoms with Crippen LogP contribution in [0.3, 0.4) is 0 Å². The Kier molecular flexibility index (Phi) is 6.31. The second-order valence-electron chi connectivity index (χ2n) is 5.02. The molecule has 1 unspecified atom stereocenters. The molecule has 134 valence electrons. The summed E-state index contributed by atoms with van der Waals surface area (Å²) in [6, 6.07) is 4.83. The van der Waals surface area contributed by atoms with Crippen LogP contribution in [0.15, 0.2) is 24.3 Å². The second kappa shape index (κ2) is 7.99. The first-order valence-corrected chi connectivity index (χ1v) is 7.08. The number of imide groups is 1. The maximum Gasteiger partial charge on any atom is 0.304 e. The minimum atomic E-state index is -1.44. The van der Waals surface area contributed by atoms with Crippen LogP contribution in [0.5, 0.6) is 0 Å². The van der Waals surface area contributed by atoms with Crippen LogP contribution in [0.2, 0.25) is 0 Å². The molecular formula is C15H17N3O7. The van der Waals surface area contributed by atoms with Gasteiger partial charge in [0.2, 0.25) is 23.9 Å². The predicted molar refractivity (Wildman–Crippen MR) is 83.3 cm³/mol. The molecule has 0 aliphatic heterocycles. The molecule has 0 fully saturated rings. The molecule has 3 amide bonds. The lowest BCUT2D eigenvalue weighted by Gasteiger charge is -2.36. The van der Waals surface area contributed by atoms with Gasteiger partial charge in [0.15, 0.2) is 0 Å². The molecule has 1 rings (SSSR count). The molecular weight excluding hydrogens is 334 g/mol. The van der Waals surface area contributed by atoms with E-state index in [1.165, 1.54) is 12.1 Å². The Morgan fingerprint density at radius 3 is 1.76 bits per heavy atom. The Morgan fingerprint density at radius 2 is 1.44 bits per heavy atom. The van der Waals surface area contributed by atoms with Crippen LogP contribution in [0, 0.1) is 10.1 Å². The standard InChI is InChI=1S/C15H17N3O7/c1-9(19)16(10(2)20)17(11(3)21)15(25-12(4)22)13-5-7-14(8-6-13)18(23)24/h5-8,15H,1-4H3. The first kappa shape index (κ1) is 19.7. The maximum absolute atomic E-state index is 12.0. The predicted octanol–water partition coefficient (Wildman–Crippen LogP) is 1.31. The lowest BCUT2D eigenvalue weighted by atomic mass is 10.1. The number of carbonyl (C=O) groups is 4. The van der Waals surface area contributed by atoms with Crippen molar-refractivity contribution >= 4 is 29.4 Å². The van der Waals surface area contributed by atoms with E-state index in [0.29, 0.717) is 10.0 Å². The fourth-order valence-electron chi connectivity index (χ4n) is 2.11. The van der Waals surface area contributed by atoms with Gasteiger partial charge in [-0.2, -0.15) is 10.0 Å². The van der Waals surface area contributed by atoms with E-state index in [-0.39, 0.29) is 11.3 Å². The number of benzene rings is 1. The molecule has 10 nitrogen and oxygen atoms in total. The molecule has 1 aromatic carbocycles. The zero-order valence-electron chi connectivity index (χ0n) is 14.1. The average Bonchev–Trinajstić information content (AvgIpc) is 2.49. The molecule has 0 bridgehead atoms. The Bertz CT molecular complexity index is 700. The van der Waals surface area contributed by atoms with Crippen molar-refractivity contribution in [3.63, 3.8) is 0 Å². The van der Waals surface area contributed by atoms with E-state index in [1.54, 1.807) is 0 Å². The third kappa shape index (κ3) is 4.83. The molecule has 0 heterocycles. The monoisotopic (exact) mass is 351 g/mol. The van der Waals surface area contributed by atoms with Gasteiger partial charge in [0.05, 0.1) is 4.92 Å². The molecule has 0 saturated heterocycles. The van der Waals surface area contributed by atoms with Gasteiger partial charge in [-0.1, -0.05) is 0 Å². The number of esters is 1. The highest BCUT2D eigenvalue weighted by molar-refractivity contribution is 5.95. The Labute approximate surface area is 143 Å². The topological polar surface area (TPSA) is 127 Å². The van der Waals surface area contributed by atoms with Gasteiger partial charge in [0.25, 0.3) is 5.69 Å². The van der Waals surface area contributed by atoms with E-state index in [0.717, 1.165) is 39.8 Å². The van der Waals surface area contributed by atoms with E-state index in [9.17, 15) is 29.3 Å².